The van der Waals surface area contributed by atoms with Crippen LogP contribution in [0.1, 0.15) is 15.9 Å². The van der Waals surface area contributed by atoms with E-state index in [-0.39, 0.29) is 17.7 Å². The molecule has 5 nitrogen and oxygen atoms in total. The van der Waals surface area contributed by atoms with Gasteiger partial charge in [-0.15, -0.1) is 13.2 Å². The molecule has 0 radical (unpaired) electrons. The van der Waals surface area contributed by atoms with E-state index in [0.29, 0.717) is 11.1 Å². The number of aliphatic carboxylic acids is 1. The Morgan fingerprint density at radius 2 is 1.22 bits per heavy atom. The highest BCUT2D eigenvalue weighted by atomic mass is 19.4. The summed E-state index contributed by atoms with van der Waals surface area (Å²) in [6.07, 6.45) is -4.66. The van der Waals surface area contributed by atoms with Gasteiger partial charge < -0.3 is 15.2 Å². The number of carboxylic acids is 1. The maximum absolute atomic E-state index is 12.7. The second-order valence-corrected chi connectivity index (χ2v) is 8.28. The molecule has 0 aliphatic carbocycles. The van der Waals surface area contributed by atoms with Gasteiger partial charge in [0, 0.05) is 12.0 Å². The number of carbonyl (C=O) groups excluding carboxylic acids is 1. The zero-order chi connectivity index (χ0) is 26.4. The summed E-state index contributed by atoms with van der Waals surface area (Å²) in [4.78, 5) is 24.5. The summed E-state index contributed by atoms with van der Waals surface area (Å²) in [7, 11) is 0. The van der Waals surface area contributed by atoms with Gasteiger partial charge in [0.2, 0.25) is 0 Å². The van der Waals surface area contributed by atoms with Crippen LogP contribution in [0, 0.1) is 0 Å². The van der Waals surface area contributed by atoms with Gasteiger partial charge in [0.15, 0.2) is 0 Å². The Balaban J connectivity index is 1.40. The number of nitrogens with one attached hydrogen (secondary N) is 1. The van der Waals surface area contributed by atoms with Gasteiger partial charge in [0.05, 0.1) is 0 Å². The van der Waals surface area contributed by atoms with E-state index in [4.69, 9.17) is 0 Å². The maximum Gasteiger partial charge on any atom is 0.573 e. The van der Waals surface area contributed by atoms with Crippen molar-refractivity contribution in [3.8, 4) is 28.0 Å². The van der Waals surface area contributed by atoms with Crippen molar-refractivity contribution in [1.82, 2.24) is 5.32 Å². The van der Waals surface area contributed by atoms with Crippen molar-refractivity contribution < 1.29 is 32.6 Å². The third-order valence-corrected chi connectivity index (χ3v) is 5.67. The summed E-state index contributed by atoms with van der Waals surface area (Å²) in [5.41, 5.74) is 4.37. The first-order valence-corrected chi connectivity index (χ1v) is 11.3. The number of benzene rings is 4. The molecule has 0 bridgehead atoms. The smallest absolute Gasteiger partial charge is 0.480 e. The Bertz CT molecular complexity index is 1350. The number of alkyl halides is 3. The Hall–Kier alpha value is -4.59. The van der Waals surface area contributed by atoms with Crippen LogP contribution >= 0.6 is 0 Å². The molecule has 0 unspecified atom stereocenters. The Morgan fingerprint density at radius 1 is 0.730 bits per heavy atom. The normalized spacial score (nSPS) is 12.0. The third kappa shape index (κ3) is 6.98. The first-order chi connectivity index (χ1) is 17.7. The van der Waals surface area contributed by atoms with Crippen molar-refractivity contribution >= 4 is 11.9 Å². The number of halogens is 3. The molecule has 4 aromatic carbocycles. The van der Waals surface area contributed by atoms with E-state index >= 15 is 0 Å². The van der Waals surface area contributed by atoms with Gasteiger partial charge in [-0.2, -0.15) is 0 Å². The highest BCUT2D eigenvalue weighted by Crippen LogP contribution is 2.27. The topological polar surface area (TPSA) is 75.6 Å². The van der Waals surface area contributed by atoms with Gasteiger partial charge in [-0.3, -0.25) is 4.79 Å². The number of ether oxygens (including phenoxy) is 1. The average Bonchev–Trinajstić information content (AvgIpc) is 2.89. The van der Waals surface area contributed by atoms with Crippen molar-refractivity contribution in [2.75, 3.05) is 0 Å². The van der Waals surface area contributed by atoms with E-state index in [1.165, 1.54) is 36.4 Å². The SMILES string of the molecule is O=C(N[C@@H](Cc1ccc(-c2ccccc2)cc1)C(=O)O)c1ccc(-c2ccc(OC(F)(F)F)cc2)cc1. The molecule has 0 saturated carbocycles. The minimum absolute atomic E-state index is 0.112. The molecule has 0 fully saturated rings. The minimum Gasteiger partial charge on any atom is -0.480 e. The standard InChI is InChI=1S/C29H22F3NO4/c30-29(31,32)37-25-16-14-23(15-17-25)22-10-12-24(13-11-22)27(34)33-26(28(35)36)18-19-6-8-21(9-7-19)20-4-2-1-3-5-20/h1-17,26H,18H2,(H,33,34)(H,35,36)/t26-/m0/s1. The Morgan fingerprint density at radius 3 is 1.73 bits per heavy atom. The number of hydrogen-bond acceptors (Lipinski definition) is 3. The highest BCUT2D eigenvalue weighted by molar-refractivity contribution is 5.97. The maximum atomic E-state index is 12.7. The number of hydrogen-bond donors (Lipinski definition) is 2. The number of amides is 1. The molecule has 37 heavy (non-hydrogen) atoms. The molecule has 188 valence electrons. The molecular weight excluding hydrogens is 483 g/mol. The van der Waals surface area contributed by atoms with E-state index in [0.717, 1.165) is 16.7 Å². The van der Waals surface area contributed by atoms with E-state index < -0.39 is 24.3 Å². The first-order valence-electron chi connectivity index (χ1n) is 11.3. The molecule has 0 saturated heterocycles. The zero-order valence-corrected chi connectivity index (χ0v) is 19.4. The minimum atomic E-state index is -4.77. The van der Waals surface area contributed by atoms with Crippen LogP contribution < -0.4 is 10.1 Å². The summed E-state index contributed by atoms with van der Waals surface area (Å²) in [5.74, 6) is -2.03. The molecule has 4 rings (SSSR count). The zero-order valence-electron chi connectivity index (χ0n) is 19.4. The van der Waals surface area contributed by atoms with Crippen LogP contribution in [0.15, 0.2) is 103 Å². The van der Waals surface area contributed by atoms with E-state index in [9.17, 15) is 27.9 Å². The fourth-order valence-corrected chi connectivity index (χ4v) is 3.80. The fraction of sp³-hybridized carbons (Fsp3) is 0.103. The monoisotopic (exact) mass is 505 g/mol. The van der Waals surface area contributed by atoms with Crippen LogP contribution in [0.2, 0.25) is 0 Å². The van der Waals surface area contributed by atoms with Crippen molar-refractivity contribution in [2.24, 2.45) is 0 Å². The summed E-state index contributed by atoms with van der Waals surface area (Å²) >= 11 is 0. The molecule has 2 N–H and O–H groups in total. The molecule has 0 spiro atoms. The predicted octanol–water partition coefficient (Wildman–Crippen LogP) is 6.34. The van der Waals surface area contributed by atoms with Gasteiger partial charge in [-0.1, -0.05) is 78.9 Å². The lowest BCUT2D eigenvalue weighted by molar-refractivity contribution is -0.274. The molecule has 1 amide bonds. The second kappa shape index (κ2) is 11.0. The lowest BCUT2D eigenvalue weighted by Crippen LogP contribution is -2.42. The van der Waals surface area contributed by atoms with Crippen LogP contribution in [0.5, 0.6) is 5.75 Å². The Labute approximate surface area is 211 Å². The molecule has 0 heterocycles. The Kier molecular flexibility index (Phi) is 7.57. The van der Waals surface area contributed by atoms with E-state index in [1.807, 2.05) is 54.6 Å². The summed E-state index contributed by atoms with van der Waals surface area (Å²) in [6.45, 7) is 0. The number of carboxylic acid groups (broad SMARTS) is 1. The molecule has 0 aliphatic heterocycles. The van der Waals surface area contributed by atoms with Gasteiger partial charge in [-0.05, 0) is 52.1 Å². The van der Waals surface area contributed by atoms with Gasteiger partial charge >= 0.3 is 12.3 Å². The van der Waals surface area contributed by atoms with Crippen molar-refractivity contribution in [2.45, 2.75) is 18.8 Å². The van der Waals surface area contributed by atoms with Gasteiger partial charge in [0.25, 0.3) is 5.91 Å². The van der Waals surface area contributed by atoms with E-state index in [2.05, 4.69) is 10.1 Å². The van der Waals surface area contributed by atoms with Crippen LogP contribution in [-0.4, -0.2) is 29.4 Å². The average molecular weight is 505 g/mol. The lowest BCUT2D eigenvalue weighted by Gasteiger charge is -2.15. The lowest BCUT2D eigenvalue weighted by atomic mass is 10.00. The molecular formula is C29H22F3NO4. The van der Waals surface area contributed by atoms with Crippen molar-refractivity contribution in [3.05, 3.63) is 114 Å². The van der Waals surface area contributed by atoms with Crippen LogP contribution in [0.25, 0.3) is 22.3 Å². The molecule has 0 aliphatic rings. The number of rotatable bonds is 8. The molecule has 1 atom stereocenters. The van der Waals surface area contributed by atoms with E-state index in [1.54, 1.807) is 12.1 Å². The highest BCUT2D eigenvalue weighted by Gasteiger charge is 2.31. The predicted molar refractivity (Wildman–Crippen MR) is 133 cm³/mol. The number of carbonyl (C=O) groups is 2. The third-order valence-electron chi connectivity index (χ3n) is 5.67. The van der Waals surface area contributed by atoms with Crippen molar-refractivity contribution in [3.63, 3.8) is 0 Å². The summed E-state index contributed by atoms with van der Waals surface area (Å²) in [6, 6.07) is 27.8. The fourth-order valence-electron chi connectivity index (χ4n) is 3.80. The molecule has 4 aromatic rings. The van der Waals surface area contributed by atoms with Crippen LogP contribution in [-0.2, 0) is 11.2 Å². The summed E-state index contributed by atoms with van der Waals surface area (Å²) < 4.78 is 40.9. The second-order valence-electron chi connectivity index (χ2n) is 8.28. The van der Waals surface area contributed by atoms with Crippen LogP contribution in [0.3, 0.4) is 0 Å². The first kappa shape index (κ1) is 25.5. The molecule has 8 heteroatoms. The quantitative estimate of drug-likeness (QED) is 0.293. The van der Waals surface area contributed by atoms with Gasteiger partial charge in [0.1, 0.15) is 11.8 Å². The molecule has 0 aromatic heterocycles. The van der Waals surface area contributed by atoms with Gasteiger partial charge in [-0.25, -0.2) is 4.79 Å². The summed E-state index contributed by atoms with van der Waals surface area (Å²) in [5, 5.41) is 12.2. The largest absolute Gasteiger partial charge is 0.573 e. The van der Waals surface area contributed by atoms with Crippen LogP contribution in [0.4, 0.5) is 13.2 Å². The van der Waals surface area contributed by atoms with Crippen molar-refractivity contribution in [1.29, 1.82) is 0 Å².